The summed E-state index contributed by atoms with van der Waals surface area (Å²) >= 11 is 1.92. The lowest BCUT2D eigenvalue weighted by molar-refractivity contribution is -0.140. The first-order chi connectivity index (χ1) is 11.9. The van der Waals surface area contributed by atoms with Crippen molar-refractivity contribution in [3.8, 4) is 0 Å². The zero-order valence-corrected chi connectivity index (χ0v) is 18.8. The molecular weight excluding hydrogens is 344 g/mol. The Labute approximate surface area is 164 Å². The number of fused-ring (bicyclic) bond motifs is 1. The molecule has 2 amide bonds. The largest absolute Gasteiger partial charge is 0.344 e. The van der Waals surface area contributed by atoms with Gasteiger partial charge in [0.1, 0.15) is 6.04 Å². The fourth-order valence-corrected chi connectivity index (χ4v) is 6.01. The highest BCUT2D eigenvalue weighted by atomic mass is 32.2. The van der Waals surface area contributed by atoms with E-state index in [0.717, 1.165) is 6.42 Å². The predicted octanol–water partition coefficient (Wildman–Crippen LogP) is 4.14. The summed E-state index contributed by atoms with van der Waals surface area (Å²) in [5, 5.41) is 3.34. The number of carbonyl (C=O) groups is 2. The quantitative estimate of drug-likeness (QED) is 0.795. The Morgan fingerprint density at radius 3 is 2.27 bits per heavy atom. The van der Waals surface area contributed by atoms with E-state index in [1.54, 1.807) is 0 Å². The van der Waals surface area contributed by atoms with Gasteiger partial charge < -0.3 is 10.2 Å². The van der Waals surface area contributed by atoms with E-state index in [1.165, 1.54) is 0 Å². The van der Waals surface area contributed by atoms with Crippen LogP contribution in [0.1, 0.15) is 68.7 Å². The predicted molar refractivity (Wildman–Crippen MR) is 110 cm³/mol. The van der Waals surface area contributed by atoms with Crippen LogP contribution in [0.2, 0.25) is 0 Å². The molecule has 0 aromatic carbocycles. The normalized spacial score (nSPS) is 39.1. The minimum atomic E-state index is -0.423. The Morgan fingerprint density at radius 2 is 1.73 bits per heavy atom. The first-order valence-electron chi connectivity index (χ1n) is 10.2. The lowest BCUT2D eigenvalue weighted by Crippen LogP contribution is -2.55. The zero-order chi connectivity index (χ0) is 20.0. The number of rotatable bonds is 4. The number of nitrogens with one attached hydrogen (secondary N) is 1. The van der Waals surface area contributed by atoms with Gasteiger partial charge in [0.05, 0.1) is 5.37 Å². The summed E-state index contributed by atoms with van der Waals surface area (Å²) in [5.74, 6) is 1.26. The highest BCUT2D eigenvalue weighted by molar-refractivity contribution is 8.01. The van der Waals surface area contributed by atoms with Crippen molar-refractivity contribution >= 4 is 23.6 Å². The van der Waals surface area contributed by atoms with Crippen LogP contribution < -0.4 is 5.32 Å². The first-order valence-corrected chi connectivity index (χ1v) is 11.1. The van der Waals surface area contributed by atoms with Crippen molar-refractivity contribution in [1.29, 1.82) is 0 Å². The third-order valence-corrected chi connectivity index (χ3v) is 9.33. The summed E-state index contributed by atoms with van der Waals surface area (Å²) in [4.78, 5) is 28.4. The van der Waals surface area contributed by atoms with Gasteiger partial charge >= 0.3 is 0 Å². The van der Waals surface area contributed by atoms with E-state index < -0.39 is 6.04 Å². The fourth-order valence-electron chi connectivity index (χ4n) is 4.22. The smallest absolute Gasteiger partial charge is 0.246 e. The maximum absolute atomic E-state index is 13.5. The average Bonchev–Trinajstić information content (AvgIpc) is 2.82. The fraction of sp³-hybridized carbons (Fsp3) is 0.905. The van der Waals surface area contributed by atoms with E-state index in [9.17, 15) is 9.59 Å². The third kappa shape index (κ3) is 3.65. The molecule has 8 atom stereocenters. The first kappa shape index (κ1) is 21.6. The zero-order valence-electron chi connectivity index (χ0n) is 18.0. The van der Waals surface area contributed by atoms with Crippen LogP contribution in [0, 0.1) is 29.6 Å². The van der Waals surface area contributed by atoms with Crippen molar-refractivity contribution in [2.24, 2.45) is 29.6 Å². The van der Waals surface area contributed by atoms with Gasteiger partial charge in [0.25, 0.3) is 0 Å². The number of thioether (sulfide) groups is 1. The van der Waals surface area contributed by atoms with Crippen molar-refractivity contribution in [3.63, 3.8) is 0 Å². The Kier molecular flexibility index (Phi) is 6.42. The van der Waals surface area contributed by atoms with Crippen LogP contribution in [0.25, 0.3) is 0 Å². The number of carbonyl (C=O) groups excluding carboxylic acids is 2. The molecule has 26 heavy (non-hydrogen) atoms. The maximum atomic E-state index is 13.5. The third-order valence-electron chi connectivity index (χ3n) is 7.49. The minimum absolute atomic E-state index is 0.0154. The molecule has 0 spiro atoms. The lowest BCUT2D eigenvalue weighted by atomic mass is 9.81. The summed E-state index contributed by atoms with van der Waals surface area (Å²) in [5.41, 5.74) is 0. The van der Waals surface area contributed by atoms with E-state index in [2.05, 4.69) is 65.6 Å². The molecule has 0 radical (unpaired) electrons. The van der Waals surface area contributed by atoms with E-state index >= 15 is 0 Å². The molecule has 1 N–H and O–H groups in total. The maximum Gasteiger partial charge on any atom is 0.246 e. The number of nitrogens with zero attached hydrogens (tertiary/aromatic N) is 1. The van der Waals surface area contributed by atoms with Crippen molar-refractivity contribution in [2.45, 2.75) is 90.9 Å². The van der Waals surface area contributed by atoms with Crippen LogP contribution in [0.3, 0.4) is 0 Å². The summed E-state index contributed by atoms with van der Waals surface area (Å²) in [6.07, 6.45) is 0.965. The Hall–Kier alpha value is -0.710. The highest BCUT2D eigenvalue weighted by Crippen LogP contribution is 2.51. The minimum Gasteiger partial charge on any atom is -0.344 e. The van der Waals surface area contributed by atoms with Gasteiger partial charge in [0.2, 0.25) is 11.8 Å². The average molecular weight is 383 g/mol. The topological polar surface area (TPSA) is 49.4 Å². The summed E-state index contributed by atoms with van der Waals surface area (Å²) < 4.78 is 0.0352. The molecule has 4 nitrogen and oxygen atoms in total. The second kappa shape index (κ2) is 7.73. The lowest BCUT2D eigenvalue weighted by Gasteiger charge is -2.33. The van der Waals surface area contributed by atoms with Gasteiger partial charge in [-0.3, -0.25) is 9.59 Å². The molecule has 2 aliphatic heterocycles. The van der Waals surface area contributed by atoms with Gasteiger partial charge in [-0.25, -0.2) is 0 Å². The van der Waals surface area contributed by atoms with E-state index in [4.69, 9.17) is 0 Å². The number of hydrogen-bond donors (Lipinski definition) is 1. The summed E-state index contributed by atoms with van der Waals surface area (Å²) in [6, 6.07) is -0.259. The molecule has 3 unspecified atom stereocenters. The van der Waals surface area contributed by atoms with Gasteiger partial charge in [0, 0.05) is 16.7 Å². The van der Waals surface area contributed by atoms with Crippen molar-refractivity contribution in [1.82, 2.24) is 10.2 Å². The van der Waals surface area contributed by atoms with Crippen LogP contribution in [0.5, 0.6) is 0 Å². The summed E-state index contributed by atoms with van der Waals surface area (Å²) in [6.45, 7) is 19.4. The molecule has 150 valence electrons. The molecule has 0 aliphatic carbocycles. The molecule has 0 saturated carbocycles. The van der Waals surface area contributed by atoms with Gasteiger partial charge in [-0.05, 0) is 44.4 Å². The second-order valence-electron chi connectivity index (χ2n) is 9.27. The van der Waals surface area contributed by atoms with E-state index in [-0.39, 0.29) is 39.8 Å². The SMILES string of the molecule is CC[C@H](C)[C@H](C)C(=O)N[C@@H]1C(=O)N2[C@H](SC(C)(C)[C@H]2C)C(C)C(C)C1C. The van der Waals surface area contributed by atoms with Gasteiger partial charge in [-0.15, -0.1) is 11.8 Å². The summed E-state index contributed by atoms with van der Waals surface area (Å²) in [7, 11) is 0. The van der Waals surface area contributed by atoms with Crippen LogP contribution in [0.4, 0.5) is 0 Å². The van der Waals surface area contributed by atoms with Crippen molar-refractivity contribution < 1.29 is 9.59 Å². The van der Waals surface area contributed by atoms with Gasteiger partial charge in [-0.2, -0.15) is 0 Å². The molecule has 0 aromatic heterocycles. The van der Waals surface area contributed by atoms with Crippen molar-refractivity contribution in [3.05, 3.63) is 0 Å². The second-order valence-corrected chi connectivity index (χ2v) is 11.0. The molecule has 2 fully saturated rings. The Balaban J connectivity index is 2.31. The van der Waals surface area contributed by atoms with Gasteiger partial charge in [-0.1, -0.05) is 48.0 Å². The molecule has 2 rings (SSSR count). The van der Waals surface area contributed by atoms with Crippen LogP contribution in [0.15, 0.2) is 0 Å². The standard InChI is InChI=1S/C21H38N2O2S/c1-10-11(2)12(3)18(24)22-17-14(5)13(4)15(6)20-23(19(17)25)16(7)21(8,9)26-20/h11-17,20H,10H2,1-9H3,(H,22,24)/t11-,12-,13?,14?,15?,16+,17-,20+/m0/s1. The molecule has 5 heteroatoms. The Morgan fingerprint density at radius 1 is 1.15 bits per heavy atom. The molecular formula is C21H38N2O2S. The van der Waals surface area contributed by atoms with E-state index in [1.807, 2.05) is 18.7 Å². The highest BCUT2D eigenvalue weighted by Gasteiger charge is 2.54. The van der Waals surface area contributed by atoms with Gasteiger partial charge in [0.15, 0.2) is 0 Å². The number of amides is 2. The van der Waals surface area contributed by atoms with Crippen LogP contribution in [-0.2, 0) is 9.59 Å². The van der Waals surface area contributed by atoms with Crippen LogP contribution >= 0.6 is 11.8 Å². The van der Waals surface area contributed by atoms with E-state index in [0.29, 0.717) is 17.8 Å². The van der Waals surface area contributed by atoms with Crippen LogP contribution in [-0.4, -0.2) is 38.9 Å². The Bertz CT molecular complexity index is 550. The number of hydrogen-bond acceptors (Lipinski definition) is 3. The molecule has 0 aromatic rings. The molecule has 2 heterocycles. The monoisotopic (exact) mass is 382 g/mol. The molecule has 2 aliphatic rings. The molecule has 2 saturated heterocycles. The van der Waals surface area contributed by atoms with Crippen molar-refractivity contribution in [2.75, 3.05) is 0 Å². The molecule has 0 bridgehead atoms.